The Labute approximate surface area is 458 Å². The van der Waals surface area contributed by atoms with E-state index >= 15 is 0 Å². The van der Waals surface area contributed by atoms with Crippen LogP contribution in [0.2, 0.25) is 0 Å². The topological polar surface area (TPSA) is 243 Å². The molecule has 20 nitrogen and oxygen atoms in total. The van der Waals surface area contributed by atoms with Gasteiger partial charge in [0, 0.05) is 106 Å². The molecule has 1 unspecified atom stereocenters. The van der Waals surface area contributed by atoms with Gasteiger partial charge >= 0.3 is 18.0 Å². The van der Waals surface area contributed by atoms with Crippen molar-refractivity contribution in [3.05, 3.63) is 40.2 Å². The summed E-state index contributed by atoms with van der Waals surface area (Å²) in [6, 6.07) is 4.48. The third kappa shape index (κ3) is 13.5. The first-order chi connectivity index (χ1) is 36.3. The van der Waals surface area contributed by atoms with Crippen LogP contribution in [0.3, 0.4) is 0 Å². The number of hydrogen-bond donors (Lipinski definition) is 4. The number of aromatic carboxylic acids is 1. The first-order valence-electron chi connectivity index (χ1n) is 27.4. The molecule has 0 saturated carbocycles. The quantitative estimate of drug-likeness (QED) is 0.0785. The highest BCUT2D eigenvalue weighted by atomic mass is 32.2. The van der Waals surface area contributed by atoms with Crippen molar-refractivity contribution in [3.63, 3.8) is 0 Å². The maximum atomic E-state index is 14.7. The van der Waals surface area contributed by atoms with Crippen LogP contribution in [0.4, 0.5) is 4.79 Å². The van der Waals surface area contributed by atoms with Gasteiger partial charge in [-0.2, -0.15) is 0 Å². The Morgan fingerprint density at radius 2 is 1.69 bits per heavy atom. The number of hydrogen-bond acceptors (Lipinski definition) is 18. The predicted molar refractivity (Wildman–Crippen MR) is 289 cm³/mol. The number of aliphatic hydroxyl groups excluding tert-OH is 2. The molecule has 1 aromatic heterocycles. The minimum absolute atomic E-state index is 0.00217. The van der Waals surface area contributed by atoms with Gasteiger partial charge in [0.15, 0.2) is 11.9 Å². The number of aromatic nitrogens is 1. The minimum atomic E-state index is -1.53. The number of cyclic esters (lactones) is 1. The molecule has 4 fully saturated rings. The fourth-order valence-electron chi connectivity index (χ4n) is 12.5. The first-order valence-corrected chi connectivity index (χ1v) is 28.4. The number of carbonyl (C=O) groups excluding carboxylic acids is 3. The number of carbonyl (C=O) groups is 4. The number of aliphatic hydroxyl groups is 2. The SMILES string of the molecule is CC[C@H]1OC(=O)[C@H](C)[C@@H](O[C@H]2C[C@@](C)(OC)[C@@H](OCCCN(C)CCSc3ccc4c(c3)c(=O)c(C(=O)O)cn4CC)[C@H](C)O2)[C@H](C)[C@@H](O)[C@](CC2OCC[C@H](N(C)C)[C@H]2O)(OC)C[C@@H](C)C(=O)[C@H](C)[C@H]2NC(=O)O[C@@]21C. The summed E-state index contributed by atoms with van der Waals surface area (Å²) in [7, 11) is 8.87. The predicted octanol–water partition coefficient (Wildman–Crippen LogP) is 5.37. The first kappa shape index (κ1) is 62.5. The van der Waals surface area contributed by atoms with Crippen LogP contribution < -0.4 is 10.7 Å². The van der Waals surface area contributed by atoms with E-state index in [1.807, 2.05) is 65.9 Å². The van der Waals surface area contributed by atoms with E-state index in [2.05, 4.69) is 10.2 Å². The zero-order valence-electron chi connectivity index (χ0n) is 47.8. The summed E-state index contributed by atoms with van der Waals surface area (Å²) < 4.78 is 53.0. The Hall–Kier alpha value is -3.74. The van der Waals surface area contributed by atoms with Crippen molar-refractivity contribution in [2.75, 3.05) is 67.4 Å². The molecule has 6 rings (SSSR count). The van der Waals surface area contributed by atoms with Gasteiger partial charge in [-0.1, -0.05) is 27.7 Å². The largest absolute Gasteiger partial charge is 0.477 e. The number of amides is 1. The maximum Gasteiger partial charge on any atom is 0.408 e. The van der Waals surface area contributed by atoms with Gasteiger partial charge < -0.3 is 72.9 Å². The number of nitrogens with one attached hydrogen (secondary N) is 1. The van der Waals surface area contributed by atoms with E-state index in [-0.39, 0.29) is 43.1 Å². The number of pyridine rings is 1. The molecule has 17 atom stereocenters. The molecular weight excluding hydrogens is 1020 g/mol. The number of benzene rings is 1. The van der Waals surface area contributed by atoms with Crippen LogP contribution in [-0.4, -0.2) is 199 Å². The number of nitrogens with zero attached hydrogens (tertiary/aromatic N) is 3. The standard InChI is InChI=1S/C56H88N4O16S/c1-15-42-55(9)48(57-53(68)76-55)32(4)44(61)31(3)27-56(70-14,28-41-46(63)40(58(10)11)20-24-71-41)49(64)33(5)47(34(6)52(67)74-42)75-43-29-54(8,69-13)50(35(7)73-43)72-23-17-21-59(12)22-25-77-36-18-19-39-37(26-36)45(62)38(51(65)66)30-60(39)16-2/h18-19,26,30-35,40-43,46-50,63-64H,15-17,20-25,27-29H2,1-14H3,(H,57,68)(H,65,66)/t31-,32+,33+,34-,35+,40+,41?,42-,43+,46-,47+,48-,49-,50+,54-,55-,56+/m1/s1. The summed E-state index contributed by atoms with van der Waals surface area (Å²) in [5.74, 6) is -4.90. The second-order valence-electron chi connectivity index (χ2n) is 22.6. The van der Waals surface area contributed by atoms with E-state index in [0.717, 1.165) is 23.7 Å². The molecule has 4 N–H and O–H groups in total. The number of rotatable bonds is 19. The zero-order valence-corrected chi connectivity index (χ0v) is 48.6. The molecule has 4 saturated heterocycles. The fourth-order valence-corrected chi connectivity index (χ4v) is 13.5. The van der Waals surface area contributed by atoms with Gasteiger partial charge in [0.2, 0.25) is 5.43 Å². The maximum absolute atomic E-state index is 14.7. The average Bonchev–Trinajstić information content (AvgIpc) is 3.77. The number of carboxylic acids is 1. The molecule has 1 aromatic carbocycles. The number of methoxy groups -OCH3 is 2. The van der Waals surface area contributed by atoms with Gasteiger partial charge in [0.05, 0.1) is 59.2 Å². The normalized spacial score (nSPS) is 36.6. The number of esters is 1. The van der Waals surface area contributed by atoms with Crippen molar-refractivity contribution in [1.82, 2.24) is 19.7 Å². The number of alkyl carbamates (subject to hydrolysis) is 1. The molecule has 21 heteroatoms. The number of ketones is 1. The van der Waals surface area contributed by atoms with E-state index < -0.39 is 119 Å². The van der Waals surface area contributed by atoms with Crippen LogP contribution in [0, 0.1) is 23.7 Å². The number of ether oxygens (including phenoxy) is 8. The second kappa shape index (κ2) is 26.2. The summed E-state index contributed by atoms with van der Waals surface area (Å²) in [5, 5.41) is 37.5. The molecule has 0 spiro atoms. The Bertz CT molecular complexity index is 2430. The summed E-state index contributed by atoms with van der Waals surface area (Å²) in [4.78, 5) is 72.1. The Morgan fingerprint density at radius 3 is 2.32 bits per heavy atom. The van der Waals surface area contributed by atoms with Crippen LogP contribution in [-0.2, 0) is 54.0 Å². The van der Waals surface area contributed by atoms with Crippen molar-refractivity contribution < 1.29 is 72.4 Å². The molecule has 5 heterocycles. The van der Waals surface area contributed by atoms with Crippen LogP contribution in [0.5, 0.6) is 0 Å². The molecule has 0 radical (unpaired) electrons. The zero-order chi connectivity index (χ0) is 56.9. The molecular formula is C56H88N4O16S. The van der Waals surface area contributed by atoms with E-state index in [1.165, 1.54) is 13.3 Å². The highest BCUT2D eigenvalue weighted by molar-refractivity contribution is 7.99. The third-order valence-electron chi connectivity index (χ3n) is 17.2. The van der Waals surface area contributed by atoms with Crippen molar-refractivity contribution in [2.24, 2.45) is 23.7 Å². The highest BCUT2D eigenvalue weighted by Gasteiger charge is 2.58. The third-order valence-corrected chi connectivity index (χ3v) is 18.2. The van der Waals surface area contributed by atoms with Gasteiger partial charge in [-0.05, 0) is 99.6 Å². The molecule has 434 valence electrons. The van der Waals surface area contributed by atoms with E-state index in [1.54, 1.807) is 64.1 Å². The highest BCUT2D eigenvalue weighted by Crippen LogP contribution is 2.44. The Kier molecular flexibility index (Phi) is 21.3. The van der Waals surface area contributed by atoms with Gasteiger partial charge in [-0.25, -0.2) is 9.59 Å². The molecule has 77 heavy (non-hydrogen) atoms. The number of Topliss-reactive ketones (excluding diaryl/α,β-unsaturated/α-hetero) is 1. The van der Waals surface area contributed by atoms with Crippen LogP contribution in [0.15, 0.2) is 34.1 Å². The van der Waals surface area contributed by atoms with Gasteiger partial charge in [-0.3, -0.25) is 14.4 Å². The van der Waals surface area contributed by atoms with Crippen LogP contribution >= 0.6 is 11.8 Å². The molecule has 1 amide bonds. The second-order valence-corrected chi connectivity index (χ2v) is 23.8. The van der Waals surface area contributed by atoms with Crippen molar-refractivity contribution >= 4 is 46.5 Å². The van der Waals surface area contributed by atoms with Crippen molar-refractivity contribution in [3.8, 4) is 0 Å². The number of likely N-dealkylation sites (N-methyl/N-ethyl adjacent to an activating group) is 1. The average molecular weight is 1110 g/mol. The number of carboxylic acid groups (broad SMARTS) is 1. The number of fused-ring (bicyclic) bond motifs is 2. The van der Waals surface area contributed by atoms with Crippen LogP contribution in [0.1, 0.15) is 111 Å². The fraction of sp³-hybridized carbons (Fsp3) is 0.768. The lowest BCUT2D eigenvalue weighted by Gasteiger charge is -2.50. The molecule has 4 aliphatic heterocycles. The lowest BCUT2D eigenvalue weighted by molar-refractivity contribution is -0.307. The van der Waals surface area contributed by atoms with Crippen molar-refractivity contribution in [1.29, 1.82) is 0 Å². The molecule has 0 aliphatic carbocycles. The number of thioether (sulfide) groups is 1. The number of aryl methyl sites for hydroxylation is 1. The summed E-state index contributed by atoms with van der Waals surface area (Å²) in [5.41, 5.74) is -3.93. The van der Waals surface area contributed by atoms with Gasteiger partial charge in [-0.15, -0.1) is 11.8 Å². The lowest BCUT2D eigenvalue weighted by atomic mass is 9.70. The summed E-state index contributed by atoms with van der Waals surface area (Å²) in [6.45, 7) is 18.9. The van der Waals surface area contributed by atoms with Crippen molar-refractivity contribution in [2.45, 2.75) is 190 Å². The Balaban J connectivity index is 1.18. The van der Waals surface area contributed by atoms with E-state index in [9.17, 15) is 39.3 Å². The minimum Gasteiger partial charge on any atom is -0.477 e. The molecule has 2 aromatic rings. The molecule has 0 bridgehead atoms. The smallest absolute Gasteiger partial charge is 0.408 e. The van der Waals surface area contributed by atoms with Gasteiger partial charge in [0.1, 0.15) is 23.6 Å². The van der Waals surface area contributed by atoms with Gasteiger partial charge in [0.25, 0.3) is 0 Å². The van der Waals surface area contributed by atoms with E-state index in [0.29, 0.717) is 43.5 Å². The lowest BCUT2D eigenvalue weighted by Crippen LogP contribution is -2.61. The van der Waals surface area contributed by atoms with E-state index in [4.69, 9.17) is 37.9 Å². The monoisotopic (exact) mass is 1100 g/mol. The summed E-state index contributed by atoms with van der Waals surface area (Å²) in [6.07, 6.45) is -4.88. The molecule has 4 aliphatic rings. The van der Waals surface area contributed by atoms with Crippen LogP contribution in [0.25, 0.3) is 10.9 Å². The Morgan fingerprint density at radius 1 is 0.974 bits per heavy atom. The summed E-state index contributed by atoms with van der Waals surface area (Å²) >= 11 is 1.59.